The summed E-state index contributed by atoms with van der Waals surface area (Å²) >= 11 is -1.34. The summed E-state index contributed by atoms with van der Waals surface area (Å²) in [7, 11) is 0. The van der Waals surface area contributed by atoms with Crippen LogP contribution in [0.5, 0.6) is 0 Å². The van der Waals surface area contributed by atoms with Crippen molar-refractivity contribution in [1.29, 1.82) is 0 Å². The van der Waals surface area contributed by atoms with Crippen LogP contribution in [0.1, 0.15) is 138 Å². The molecule has 2 unspecified atom stereocenters. The van der Waals surface area contributed by atoms with Crippen molar-refractivity contribution in [3.8, 4) is 11.1 Å². The Morgan fingerprint density at radius 1 is 0.632 bits per heavy atom. The Morgan fingerprint density at radius 2 is 1.08 bits per heavy atom. The molecule has 38 heavy (non-hydrogen) atoms. The summed E-state index contributed by atoms with van der Waals surface area (Å²) in [5, 5.41) is 0. The summed E-state index contributed by atoms with van der Waals surface area (Å²) in [5.41, 5.74) is 6.77. The number of benzene rings is 2. The van der Waals surface area contributed by atoms with Gasteiger partial charge in [0.2, 0.25) is 0 Å². The summed E-state index contributed by atoms with van der Waals surface area (Å²) in [6, 6.07) is 15.6. The molecule has 0 nitrogen and oxygen atoms in total. The first kappa shape index (κ1) is 32.6. The molecule has 1 aliphatic carbocycles. The van der Waals surface area contributed by atoms with Gasteiger partial charge in [0.05, 0.1) is 0 Å². The Kier molecular flexibility index (Phi) is 11.8. The van der Waals surface area contributed by atoms with E-state index >= 15 is 0 Å². The summed E-state index contributed by atoms with van der Waals surface area (Å²) in [6.45, 7) is 24.5. The van der Waals surface area contributed by atoms with Gasteiger partial charge < -0.3 is 0 Å². The fraction of sp³-hybridized carbons (Fsp3) is 0.667. The van der Waals surface area contributed by atoms with E-state index in [2.05, 4.69) is 106 Å². The number of rotatable bonds is 13. The zero-order chi connectivity index (χ0) is 28.1. The molecule has 0 aromatic heterocycles. The topological polar surface area (TPSA) is 0 Å². The second-order valence-corrected chi connectivity index (χ2v) is 27.5. The monoisotopic (exact) mass is 728 g/mol. The Morgan fingerprint density at radius 3 is 1.45 bits per heavy atom. The van der Waals surface area contributed by atoms with Crippen molar-refractivity contribution in [3.05, 3.63) is 47.5 Å². The molecule has 0 amide bonds. The van der Waals surface area contributed by atoms with Crippen LogP contribution >= 0.6 is 0 Å². The summed E-state index contributed by atoms with van der Waals surface area (Å²) < 4.78 is 4.35. The third-order valence-electron chi connectivity index (χ3n) is 8.49. The average molecular weight is 726 g/mol. The van der Waals surface area contributed by atoms with Gasteiger partial charge in [0, 0.05) is 0 Å². The minimum absolute atomic E-state index is 0.190. The summed E-state index contributed by atoms with van der Waals surface area (Å²) in [5.74, 6) is 1.62. The van der Waals surface area contributed by atoms with E-state index in [4.69, 9.17) is 0 Å². The quantitative estimate of drug-likeness (QED) is 0.181. The van der Waals surface area contributed by atoms with E-state index in [9.17, 15) is 0 Å². The van der Waals surface area contributed by atoms with Crippen molar-refractivity contribution in [2.75, 3.05) is 0 Å². The van der Waals surface area contributed by atoms with Crippen molar-refractivity contribution < 1.29 is 0 Å². The first-order valence-electron chi connectivity index (χ1n) is 15.7. The average Bonchev–Trinajstić information content (AvgIpc) is 3.07. The molecule has 3 rings (SSSR count). The van der Waals surface area contributed by atoms with Gasteiger partial charge in [0.1, 0.15) is 0 Å². The Bertz CT molecular complexity index is 971. The van der Waals surface area contributed by atoms with Gasteiger partial charge in [-0.25, -0.2) is 0 Å². The van der Waals surface area contributed by atoms with Crippen LogP contribution in [0.3, 0.4) is 0 Å². The molecule has 0 N–H and O–H groups in total. The van der Waals surface area contributed by atoms with Crippen LogP contribution in [0.25, 0.3) is 11.1 Å². The second-order valence-electron chi connectivity index (χ2n) is 14.2. The van der Waals surface area contributed by atoms with Crippen molar-refractivity contribution >= 4 is 49.4 Å². The molecule has 0 spiro atoms. The van der Waals surface area contributed by atoms with Crippen LogP contribution in [0.15, 0.2) is 36.4 Å². The molecule has 4 radical (unpaired) electrons. The molecule has 2 heteroatoms. The summed E-state index contributed by atoms with van der Waals surface area (Å²) in [4.78, 5) is 0. The molecule has 0 saturated carbocycles. The predicted molar refractivity (Wildman–Crippen MR) is 174 cm³/mol. The van der Waals surface area contributed by atoms with Crippen LogP contribution in [0.4, 0.5) is 0 Å². The van der Waals surface area contributed by atoms with Crippen molar-refractivity contribution in [1.82, 2.24) is 0 Å². The van der Waals surface area contributed by atoms with Crippen LogP contribution in [0, 0.1) is 11.8 Å². The van der Waals surface area contributed by atoms with Crippen molar-refractivity contribution in [2.24, 2.45) is 11.8 Å². The second kappa shape index (κ2) is 13.8. The first-order chi connectivity index (χ1) is 17.9. The third-order valence-corrected chi connectivity index (χ3v) is 16.2. The molecule has 2 aromatic rings. The van der Waals surface area contributed by atoms with E-state index in [-0.39, 0.29) is 5.41 Å². The normalized spacial score (nSPS) is 16.3. The fourth-order valence-corrected chi connectivity index (χ4v) is 14.0. The molecule has 1 aliphatic rings. The first-order valence-corrected chi connectivity index (χ1v) is 21.4. The number of fused-ring (bicyclic) bond motifs is 3. The summed E-state index contributed by atoms with van der Waals surface area (Å²) in [6.07, 6.45) is 12.1. The molecule has 0 bridgehead atoms. The number of hydrogen-bond acceptors (Lipinski definition) is 0. The molecule has 208 valence electrons. The van der Waals surface area contributed by atoms with Gasteiger partial charge in [-0.2, -0.15) is 0 Å². The number of unbranched alkanes of at least 4 members (excludes halogenated alkanes) is 1. The molecule has 0 saturated heterocycles. The number of hydrogen-bond donors (Lipinski definition) is 0. The van der Waals surface area contributed by atoms with E-state index in [1.807, 2.05) is 0 Å². The van der Waals surface area contributed by atoms with Gasteiger partial charge in [-0.3, -0.25) is 0 Å². The Balaban J connectivity index is 2.27. The van der Waals surface area contributed by atoms with Crippen LogP contribution in [0.2, 0.25) is 6.86 Å². The van der Waals surface area contributed by atoms with Gasteiger partial charge in [-0.05, 0) is 0 Å². The van der Waals surface area contributed by atoms with Crippen molar-refractivity contribution in [2.45, 2.75) is 139 Å². The van der Waals surface area contributed by atoms with Gasteiger partial charge in [-0.15, -0.1) is 0 Å². The van der Waals surface area contributed by atoms with E-state index < -0.39 is 42.3 Å². The molecular weight excluding hydrogens is 670 g/mol. The molecular formula is C36H56Sn2. The van der Waals surface area contributed by atoms with Gasteiger partial charge in [-0.1, -0.05) is 0 Å². The third kappa shape index (κ3) is 8.29. The van der Waals surface area contributed by atoms with E-state index in [1.54, 1.807) is 29.4 Å². The van der Waals surface area contributed by atoms with Gasteiger partial charge >= 0.3 is 259 Å². The SMILES string of the molecule is CCCCC(CC)CC1(CC(CC)CCC)c2c[c]([Sn][C](C)(C)C)ccc2-c2cc[c]([Sn][C](C)(C)C)cc21. The minimum atomic E-state index is -0.668. The van der Waals surface area contributed by atoms with Crippen molar-refractivity contribution in [3.63, 3.8) is 0 Å². The van der Waals surface area contributed by atoms with E-state index in [0.29, 0.717) is 6.86 Å². The van der Waals surface area contributed by atoms with Crippen LogP contribution in [-0.4, -0.2) is 42.3 Å². The maximum absolute atomic E-state index is 2.75. The fourth-order valence-electron chi connectivity index (χ4n) is 6.83. The molecule has 0 fully saturated rings. The van der Waals surface area contributed by atoms with Gasteiger partial charge in [0.15, 0.2) is 0 Å². The zero-order valence-corrected chi connectivity index (χ0v) is 32.2. The Labute approximate surface area is 257 Å². The van der Waals surface area contributed by atoms with Gasteiger partial charge in [0.25, 0.3) is 0 Å². The molecule has 0 heterocycles. The molecule has 0 aliphatic heterocycles. The Hall–Kier alpha value is 0.0374. The van der Waals surface area contributed by atoms with E-state index in [0.717, 1.165) is 11.8 Å². The molecule has 2 atom stereocenters. The van der Waals surface area contributed by atoms with E-state index in [1.165, 1.54) is 57.8 Å². The zero-order valence-electron chi connectivity index (χ0n) is 26.5. The maximum atomic E-state index is 2.75. The van der Waals surface area contributed by atoms with Crippen LogP contribution < -0.4 is 7.16 Å². The standard InChI is InChI=1S/C28H38.2C4H9.2Sn/c1-5-9-15-23(8-4)21-28(20-22(7-3)14-6-2)26-18-12-10-16-24(26)25-17-11-13-19-27(25)28;2*1-4(2)3;;/h10-11,16-19,22-23H,5-9,14-15,20-21H2,1-4H3;2*1-3H3;;. The predicted octanol–water partition coefficient (Wildman–Crippen LogP) is 9.87. The van der Waals surface area contributed by atoms with Crippen LogP contribution in [-0.2, 0) is 5.41 Å². The molecule has 2 aromatic carbocycles.